The zero-order chi connectivity index (χ0) is 20.7. The molecule has 0 saturated carbocycles. The summed E-state index contributed by atoms with van der Waals surface area (Å²) >= 11 is 0. The van der Waals surface area contributed by atoms with Crippen molar-refractivity contribution in [1.82, 2.24) is 32.2 Å². The fourth-order valence-electron chi connectivity index (χ4n) is 1.91. The van der Waals surface area contributed by atoms with Crippen LogP contribution in [0.1, 0.15) is 12.8 Å². The van der Waals surface area contributed by atoms with Gasteiger partial charge in [-0.1, -0.05) is 0 Å². The van der Waals surface area contributed by atoms with Gasteiger partial charge in [-0.25, -0.2) is 0 Å². The second kappa shape index (κ2) is 21.9. The molecule has 0 aromatic carbocycles. The summed E-state index contributed by atoms with van der Waals surface area (Å²) in [5, 5.41) is 12.6. The quantitative estimate of drug-likeness (QED) is 0.0688. The lowest BCUT2D eigenvalue weighted by molar-refractivity contribution is -0.158. The van der Waals surface area contributed by atoms with Crippen LogP contribution in [0, 0.1) is 0 Å². The van der Waals surface area contributed by atoms with Crippen molar-refractivity contribution in [3.05, 3.63) is 0 Å². The van der Waals surface area contributed by atoms with E-state index < -0.39 is 11.9 Å². The average Bonchev–Trinajstić information content (AvgIpc) is 2.69. The first-order valence-electron chi connectivity index (χ1n) is 9.78. The number of hydrogen-bond acceptors (Lipinski definition) is 12. The molecule has 0 atom stereocenters. The zero-order valence-electron chi connectivity index (χ0n) is 16.7. The summed E-state index contributed by atoms with van der Waals surface area (Å²) in [6, 6.07) is 0. The van der Waals surface area contributed by atoms with Crippen LogP contribution in [0.4, 0.5) is 0 Å². The molecule has 0 fully saturated rings. The van der Waals surface area contributed by atoms with Crippen molar-refractivity contribution in [2.45, 2.75) is 12.8 Å². The molecule has 12 nitrogen and oxygen atoms in total. The molecule has 0 aliphatic rings. The fraction of sp³-hybridized carbons (Fsp3) is 0.875. The maximum absolute atomic E-state index is 11.5. The van der Waals surface area contributed by atoms with Crippen LogP contribution in [0.25, 0.3) is 0 Å². The van der Waals surface area contributed by atoms with E-state index in [1.165, 1.54) is 0 Å². The van der Waals surface area contributed by atoms with E-state index in [-0.39, 0.29) is 12.8 Å². The average molecular weight is 407 g/mol. The normalized spacial score (nSPS) is 10.8. The molecular weight excluding hydrogens is 368 g/mol. The number of hydrogen-bond donors (Lipinski definition) is 8. The second-order valence-corrected chi connectivity index (χ2v) is 5.81. The highest BCUT2D eigenvalue weighted by molar-refractivity contribution is 5.77. The molecule has 0 radical (unpaired) electrons. The molecule has 0 amide bonds. The van der Waals surface area contributed by atoms with Crippen LogP contribution in [0.3, 0.4) is 0 Å². The Hall–Kier alpha value is -1.38. The Morgan fingerprint density at radius 1 is 0.536 bits per heavy atom. The first-order valence-corrected chi connectivity index (χ1v) is 9.78. The topological polar surface area (TPSA) is 177 Å². The van der Waals surface area contributed by atoms with Gasteiger partial charge in [0.05, 0.1) is 12.8 Å². The summed E-state index contributed by atoms with van der Waals surface area (Å²) in [6.45, 7) is 8.33. The molecule has 12 heteroatoms. The molecule has 0 bridgehead atoms. The van der Waals surface area contributed by atoms with E-state index in [9.17, 15) is 9.59 Å². The van der Waals surface area contributed by atoms with Gasteiger partial charge in [-0.2, -0.15) is 11.0 Å². The van der Waals surface area contributed by atoms with Crippen molar-refractivity contribution in [3.8, 4) is 0 Å². The van der Waals surface area contributed by atoms with Crippen LogP contribution in [-0.2, 0) is 19.3 Å². The van der Waals surface area contributed by atoms with Crippen molar-refractivity contribution in [2.24, 2.45) is 11.5 Å². The Kier molecular flexibility index (Phi) is 20.8. The fourth-order valence-corrected chi connectivity index (χ4v) is 1.91. The minimum absolute atomic E-state index is 0.0466. The third kappa shape index (κ3) is 20.9. The minimum atomic E-state index is -0.506. The summed E-state index contributed by atoms with van der Waals surface area (Å²) in [6.07, 6.45) is -0.0932. The number of carbonyl (C=O) groups excluding carboxylic acids is 2. The van der Waals surface area contributed by atoms with E-state index in [4.69, 9.17) is 21.1 Å². The molecule has 0 aliphatic heterocycles. The van der Waals surface area contributed by atoms with Crippen molar-refractivity contribution in [2.75, 3.05) is 78.5 Å². The number of hydroxylamine groups is 2. The molecule has 0 spiro atoms. The van der Waals surface area contributed by atoms with E-state index in [2.05, 4.69) is 32.2 Å². The van der Waals surface area contributed by atoms with Gasteiger partial charge in [0.15, 0.2) is 0 Å². The molecule has 28 heavy (non-hydrogen) atoms. The smallest absolute Gasteiger partial charge is 0.325 e. The number of rotatable bonds is 21. The lowest BCUT2D eigenvalue weighted by Gasteiger charge is -2.08. The molecular formula is C16H38N8O4. The Morgan fingerprint density at radius 2 is 0.857 bits per heavy atom. The molecule has 0 aliphatic carbocycles. The van der Waals surface area contributed by atoms with Gasteiger partial charge in [0.2, 0.25) is 0 Å². The van der Waals surface area contributed by atoms with Crippen LogP contribution in [0.2, 0.25) is 0 Å². The van der Waals surface area contributed by atoms with Gasteiger partial charge in [-0.15, -0.1) is 0 Å². The highest BCUT2D eigenvalue weighted by Crippen LogP contribution is 1.93. The number of nitrogens with one attached hydrogen (secondary N) is 6. The standard InChI is InChI=1S/C16H38N8O4/c17-3-5-19-7-9-21-11-13-23-27-15(25)1-2-16(26)28-24-14-12-22-10-8-20-6-4-18/h19-24H,1-14,17-18H2. The van der Waals surface area contributed by atoms with Crippen molar-refractivity contribution >= 4 is 11.9 Å². The molecule has 0 unspecified atom stereocenters. The molecule has 0 heterocycles. The van der Waals surface area contributed by atoms with E-state index in [1.807, 2.05) is 0 Å². The van der Waals surface area contributed by atoms with Gasteiger partial charge >= 0.3 is 11.9 Å². The molecule has 10 N–H and O–H groups in total. The van der Waals surface area contributed by atoms with Gasteiger partial charge < -0.3 is 42.4 Å². The summed E-state index contributed by atoms with van der Waals surface area (Å²) in [4.78, 5) is 32.6. The molecule has 0 aromatic heterocycles. The molecule has 166 valence electrons. The van der Waals surface area contributed by atoms with E-state index in [0.717, 1.165) is 39.3 Å². The van der Waals surface area contributed by atoms with Gasteiger partial charge in [0.1, 0.15) is 0 Å². The first kappa shape index (κ1) is 26.6. The van der Waals surface area contributed by atoms with Crippen LogP contribution in [-0.4, -0.2) is 90.5 Å². The first-order chi connectivity index (χ1) is 13.7. The zero-order valence-corrected chi connectivity index (χ0v) is 16.7. The van der Waals surface area contributed by atoms with Crippen LogP contribution in [0.5, 0.6) is 0 Å². The summed E-state index contributed by atoms with van der Waals surface area (Å²) < 4.78 is 0. The Balaban J connectivity index is 3.32. The van der Waals surface area contributed by atoms with E-state index in [0.29, 0.717) is 39.3 Å². The largest absolute Gasteiger partial charge is 0.371 e. The van der Waals surface area contributed by atoms with Crippen LogP contribution < -0.4 is 43.7 Å². The lowest BCUT2D eigenvalue weighted by Crippen LogP contribution is -2.35. The Morgan fingerprint density at radius 3 is 1.21 bits per heavy atom. The highest BCUT2D eigenvalue weighted by atomic mass is 16.7. The van der Waals surface area contributed by atoms with Crippen LogP contribution in [0.15, 0.2) is 0 Å². The third-order valence-electron chi connectivity index (χ3n) is 3.31. The Bertz CT molecular complexity index is 343. The number of carbonyl (C=O) groups is 2. The molecule has 0 rings (SSSR count). The van der Waals surface area contributed by atoms with Crippen LogP contribution >= 0.6 is 0 Å². The second-order valence-electron chi connectivity index (χ2n) is 5.81. The maximum atomic E-state index is 11.5. The summed E-state index contributed by atoms with van der Waals surface area (Å²) in [5.41, 5.74) is 15.8. The predicted octanol–water partition coefficient (Wildman–Crippen LogP) is -3.86. The van der Waals surface area contributed by atoms with Gasteiger partial charge in [-0.3, -0.25) is 9.59 Å². The van der Waals surface area contributed by atoms with E-state index in [1.54, 1.807) is 0 Å². The number of nitrogens with two attached hydrogens (primary N) is 2. The summed E-state index contributed by atoms with van der Waals surface area (Å²) in [5.74, 6) is -1.01. The molecule has 0 saturated heterocycles. The summed E-state index contributed by atoms with van der Waals surface area (Å²) in [7, 11) is 0. The van der Waals surface area contributed by atoms with Crippen molar-refractivity contribution < 1.29 is 19.3 Å². The molecule has 0 aromatic rings. The monoisotopic (exact) mass is 406 g/mol. The Labute approximate surface area is 167 Å². The maximum Gasteiger partial charge on any atom is 0.325 e. The third-order valence-corrected chi connectivity index (χ3v) is 3.31. The van der Waals surface area contributed by atoms with E-state index >= 15 is 0 Å². The van der Waals surface area contributed by atoms with Gasteiger partial charge in [0.25, 0.3) is 0 Å². The predicted molar refractivity (Wildman–Crippen MR) is 107 cm³/mol. The highest BCUT2D eigenvalue weighted by Gasteiger charge is 2.09. The van der Waals surface area contributed by atoms with Gasteiger partial charge in [-0.05, 0) is 0 Å². The van der Waals surface area contributed by atoms with Crippen molar-refractivity contribution in [1.29, 1.82) is 0 Å². The SMILES string of the molecule is NCCNCCNCCNOC(=O)CCC(=O)ONCCNCCNCCN. The van der Waals surface area contributed by atoms with Crippen molar-refractivity contribution in [3.63, 3.8) is 0 Å². The minimum Gasteiger partial charge on any atom is -0.371 e. The lowest BCUT2D eigenvalue weighted by atomic mass is 10.3. The van der Waals surface area contributed by atoms with Gasteiger partial charge in [0, 0.05) is 78.5 Å².